The fraction of sp³-hybridized carbons (Fsp3) is 0.294. The first-order valence-electron chi connectivity index (χ1n) is 6.70. The minimum atomic E-state index is -0.143. The van der Waals surface area contributed by atoms with Gasteiger partial charge in [0.1, 0.15) is 5.82 Å². The smallest absolute Gasteiger partial charge is 0.130 e. The Kier molecular flexibility index (Phi) is 4.79. The van der Waals surface area contributed by atoms with E-state index < -0.39 is 0 Å². The average Bonchev–Trinajstić information content (AvgIpc) is 2.42. The second kappa shape index (κ2) is 6.38. The lowest BCUT2D eigenvalue weighted by Gasteiger charge is -2.19. The zero-order valence-electron chi connectivity index (χ0n) is 12.0. The van der Waals surface area contributed by atoms with E-state index in [-0.39, 0.29) is 11.9 Å². The summed E-state index contributed by atoms with van der Waals surface area (Å²) in [6.45, 7) is 3.79. The van der Waals surface area contributed by atoms with E-state index in [1.54, 1.807) is 13.0 Å². The van der Waals surface area contributed by atoms with E-state index in [2.05, 4.69) is 5.32 Å². The maximum Gasteiger partial charge on any atom is 0.130 e. The molecular formula is C17H19ClFN. The standard InChI is InChI=1S/C17H19ClFN/c1-11-7-8-13(15(18)9-11)10-16(20-3)14-6-4-5-12(2)17(14)19/h4-9,16,20H,10H2,1-3H3. The number of aryl methyl sites for hydroxylation is 2. The minimum Gasteiger partial charge on any atom is -0.313 e. The molecule has 0 aromatic heterocycles. The van der Waals surface area contributed by atoms with E-state index in [9.17, 15) is 4.39 Å². The Morgan fingerprint density at radius 1 is 1.20 bits per heavy atom. The fourth-order valence-electron chi connectivity index (χ4n) is 2.34. The Labute approximate surface area is 124 Å². The van der Waals surface area contributed by atoms with Crippen molar-refractivity contribution >= 4 is 11.6 Å². The second-order valence-corrected chi connectivity index (χ2v) is 5.53. The summed E-state index contributed by atoms with van der Waals surface area (Å²) >= 11 is 6.27. The molecule has 106 valence electrons. The van der Waals surface area contributed by atoms with Gasteiger partial charge in [0.05, 0.1) is 0 Å². The van der Waals surface area contributed by atoms with Gasteiger partial charge in [-0.1, -0.05) is 41.9 Å². The molecule has 0 aliphatic carbocycles. The van der Waals surface area contributed by atoms with Crippen LogP contribution < -0.4 is 5.32 Å². The topological polar surface area (TPSA) is 12.0 Å². The van der Waals surface area contributed by atoms with Gasteiger partial charge < -0.3 is 5.32 Å². The molecule has 1 unspecified atom stereocenters. The Morgan fingerprint density at radius 3 is 2.60 bits per heavy atom. The Balaban J connectivity index is 2.31. The predicted octanol–water partition coefficient (Wildman–Crippen LogP) is 4.60. The molecule has 0 saturated heterocycles. The molecule has 0 saturated carbocycles. The van der Waals surface area contributed by atoms with Crippen LogP contribution in [0.4, 0.5) is 4.39 Å². The first kappa shape index (κ1) is 15.0. The molecule has 0 bridgehead atoms. The van der Waals surface area contributed by atoms with E-state index >= 15 is 0 Å². The number of hydrogen-bond donors (Lipinski definition) is 1. The molecule has 1 N–H and O–H groups in total. The molecule has 0 heterocycles. The van der Waals surface area contributed by atoms with E-state index in [1.165, 1.54) is 0 Å². The van der Waals surface area contributed by atoms with Gasteiger partial charge in [0.25, 0.3) is 0 Å². The molecule has 1 atom stereocenters. The maximum atomic E-state index is 14.2. The summed E-state index contributed by atoms with van der Waals surface area (Å²) in [5, 5.41) is 3.91. The van der Waals surface area contributed by atoms with E-state index in [4.69, 9.17) is 11.6 Å². The third kappa shape index (κ3) is 3.20. The lowest BCUT2D eigenvalue weighted by molar-refractivity contribution is 0.530. The minimum absolute atomic E-state index is 0.0879. The van der Waals surface area contributed by atoms with Crippen molar-refractivity contribution in [2.75, 3.05) is 7.05 Å². The van der Waals surface area contributed by atoms with Gasteiger partial charge in [0.2, 0.25) is 0 Å². The van der Waals surface area contributed by atoms with E-state index in [1.807, 2.05) is 44.3 Å². The van der Waals surface area contributed by atoms with Gasteiger partial charge in [0.15, 0.2) is 0 Å². The first-order valence-corrected chi connectivity index (χ1v) is 7.08. The van der Waals surface area contributed by atoms with Crippen LogP contribution in [0, 0.1) is 19.7 Å². The van der Waals surface area contributed by atoms with E-state index in [0.717, 1.165) is 16.1 Å². The molecule has 0 aliphatic rings. The van der Waals surface area contributed by atoms with Crippen LogP contribution in [-0.2, 0) is 6.42 Å². The van der Waals surface area contributed by atoms with Gasteiger partial charge in [0, 0.05) is 16.6 Å². The summed E-state index contributed by atoms with van der Waals surface area (Å²) in [7, 11) is 1.84. The SMILES string of the molecule is CNC(Cc1ccc(C)cc1Cl)c1cccc(C)c1F. The molecular weight excluding hydrogens is 273 g/mol. The molecule has 0 aliphatic heterocycles. The summed E-state index contributed by atoms with van der Waals surface area (Å²) in [6.07, 6.45) is 0.663. The molecule has 20 heavy (non-hydrogen) atoms. The second-order valence-electron chi connectivity index (χ2n) is 5.12. The number of likely N-dealkylation sites (N-methyl/N-ethyl adjacent to an activating group) is 1. The van der Waals surface area contributed by atoms with Crippen molar-refractivity contribution in [3.63, 3.8) is 0 Å². The molecule has 2 rings (SSSR count). The molecule has 0 fully saturated rings. The zero-order chi connectivity index (χ0) is 14.7. The van der Waals surface area contributed by atoms with Crippen molar-refractivity contribution in [1.82, 2.24) is 5.32 Å². The maximum absolute atomic E-state index is 14.2. The van der Waals surface area contributed by atoms with Crippen LogP contribution in [0.3, 0.4) is 0 Å². The van der Waals surface area contributed by atoms with Gasteiger partial charge in [-0.3, -0.25) is 0 Å². The van der Waals surface area contributed by atoms with Crippen molar-refractivity contribution < 1.29 is 4.39 Å². The van der Waals surface area contributed by atoms with Crippen molar-refractivity contribution in [3.05, 3.63) is 69.5 Å². The van der Waals surface area contributed by atoms with Gasteiger partial charge in [-0.2, -0.15) is 0 Å². The number of benzene rings is 2. The predicted molar refractivity (Wildman–Crippen MR) is 82.8 cm³/mol. The molecule has 1 nitrogen and oxygen atoms in total. The van der Waals surface area contributed by atoms with Crippen LogP contribution in [0.15, 0.2) is 36.4 Å². The highest BCUT2D eigenvalue weighted by Gasteiger charge is 2.17. The van der Waals surface area contributed by atoms with Crippen LogP contribution in [0.5, 0.6) is 0 Å². The molecule has 2 aromatic carbocycles. The van der Waals surface area contributed by atoms with Crippen LogP contribution in [0.2, 0.25) is 5.02 Å². The van der Waals surface area contributed by atoms with E-state index in [0.29, 0.717) is 17.5 Å². The normalized spacial score (nSPS) is 12.4. The Bertz CT molecular complexity index is 610. The van der Waals surface area contributed by atoms with Crippen LogP contribution in [-0.4, -0.2) is 7.05 Å². The molecule has 3 heteroatoms. The van der Waals surface area contributed by atoms with Crippen LogP contribution in [0.1, 0.15) is 28.3 Å². The molecule has 2 aromatic rings. The third-order valence-electron chi connectivity index (χ3n) is 3.58. The van der Waals surface area contributed by atoms with Gasteiger partial charge >= 0.3 is 0 Å². The molecule has 0 spiro atoms. The number of rotatable bonds is 4. The van der Waals surface area contributed by atoms with Gasteiger partial charge in [-0.15, -0.1) is 0 Å². The fourth-order valence-corrected chi connectivity index (χ4v) is 2.66. The first-order chi connectivity index (χ1) is 9.52. The summed E-state index contributed by atoms with van der Waals surface area (Å²) in [6, 6.07) is 11.4. The molecule has 0 amide bonds. The van der Waals surface area contributed by atoms with Crippen LogP contribution >= 0.6 is 11.6 Å². The lowest BCUT2D eigenvalue weighted by atomic mass is 9.96. The highest BCUT2D eigenvalue weighted by Crippen LogP contribution is 2.26. The summed E-state index contributed by atoms with van der Waals surface area (Å²) < 4.78 is 14.2. The monoisotopic (exact) mass is 291 g/mol. The van der Waals surface area contributed by atoms with Crippen molar-refractivity contribution in [2.45, 2.75) is 26.3 Å². The molecule has 0 radical (unpaired) electrons. The Hall–Kier alpha value is -1.38. The van der Waals surface area contributed by atoms with Crippen molar-refractivity contribution in [2.24, 2.45) is 0 Å². The number of halogens is 2. The highest BCUT2D eigenvalue weighted by atomic mass is 35.5. The largest absolute Gasteiger partial charge is 0.313 e. The Morgan fingerprint density at radius 2 is 1.95 bits per heavy atom. The number of hydrogen-bond acceptors (Lipinski definition) is 1. The van der Waals surface area contributed by atoms with Crippen molar-refractivity contribution in [3.8, 4) is 0 Å². The lowest BCUT2D eigenvalue weighted by Crippen LogP contribution is -2.20. The quantitative estimate of drug-likeness (QED) is 0.868. The van der Waals surface area contributed by atoms with Gasteiger partial charge in [-0.05, 0) is 50.1 Å². The summed E-state index contributed by atoms with van der Waals surface area (Å²) in [4.78, 5) is 0. The number of nitrogens with one attached hydrogen (secondary N) is 1. The van der Waals surface area contributed by atoms with Crippen LogP contribution in [0.25, 0.3) is 0 Å². The van der Waals surface area contributed by atoms with Crippen molar-refractivity contribution in [1.29, 1.82) is 0 Å². The zero-order valence-corrected chi connectivity index (χ0v) is 12.8. The summed E-state index contributed by atoms with van der Waals surface area (Å²) in [5.74, 6) is -0.143. The summed E-state index contributed by atoms with van der Waals surface area (Å²) in [5.41, 5.74) is 3.50. The highest BCUT2D eigenvalue weighted by molar-refractivity contribution is 6.31. The van der Waals surface area contributed by atoms with Gasteiger partial charge in [-0.25, -0.2) is 4.39 Å². The average molecular weight is 292 g/mol. The third-order valence-corrected chi connectivity index (χ3v) is 3.93.